The molecule has 1 fully saturated rings. The third-order valence-corrected chi connectivity index (χ3v) is 6.47. The SMILES string of the molecule is CN/C(=C\N(N)C1C(O)[C@@H](Sc2cccc(OC(F)(F)F)c2)OC(CO)[C@@H]1O)c1cc(F)c(F)c(F)c1. The first kappa shape index (κ1) is 28.9. The second-order valence-corrected chi connectivity index (χ2v) is 9.00. The van der Waals surface area contributed by atoms with Gasteiger partial charge in [-0.05, 0) is 30.3 Å². The molecule has 2 aromatic carbocycles. The Morgan fingerprint density at radius 3 is 2.38 bits per heavy atom. The van der Waals surface area contributed by atoms with Crippen LogP contribution < -0.4 is 15.9 Å². The van der Waals surface area contributed by atoms with Crippen molar-refractivity contribution < 1.29 is 51.1 Å². The lowest BCUT2D eigenvalue weighted by Crippen LogP contribution is -2.64. The summed E-state index contributed by atoms with van der Waals surface area (Å²) >= 11 is 0.780. The number of nitrogens with zero attached hydrogens (tertiary/aromatic N) is 1. The zero-order chi connectivity index (χ0) is 27.5. The largest absolute Gasteiger partial charge is 0.573 e. The molecule has 37 heavy (non-hydrogen) atoms. The summed E-state index contributed by atoms with van der Waals surface area (Å²) in [4.78, 5) is 0.199. The maximum absolute atomic E-state index is 13.7. The Labute approximate surface area is 211 Å². The molecular weight excluding hydrogens is 532 g/mol. The van der Waals surface area contributed by atoms with Gasteiger partial charge in [-0.2, -0.15) is 0 Å². The van der Waals surface area contributed by atoms with Crippen LogP contribution in [0.2, 0.25) is 0 Å². The van der Waals surface area contributed by atoms with Gasteiger partial charge in [-0.1, -0.05) is 17.8 Å². The highest BCUT2D eigenvalue weighted by Crippen LogP contribution is 2.36. The number of thioether (sulfide) groups is 1. The Bertz CT molecular complexity index is 1100. The standard InChI is InChI=1S/C22H23F6N3O5S/c1-30-15(10-5-13(23)17(25)14(24)6-10)8-31(29)18-19(33)16(9-32)35-21(20(18)34)37-12-4-2-3-11(7-12)36-22(26,27)28/h2-8,16,18-21,30,32-34H,9,29H2,1H3/b15-8-/t16?,18?,19-,20?,21+/m0/s1. The van der Waals surface area contributed by atoms with Gasteiger partial charge in [0.1, 0.15) is 35.5 Å². The van der Waals surface area contributed by atoms with Gasteiger partial charge in [0.2, 0.25) is 0 Å². The van der Waals surface area contributed by atoms with Gasteiger partial charge in [0.15, 0.2) is 17.5 Å². The number of ether oxygens (including phenoxy) is 2. The van der Waals surface area contributed by atoms with Crippen LogP contribution in [0.3, 0.4) is 0 Å². The molecule has 5 atom stereocenters. The predicted octanol–water partition coefficient (Wildman–Crippen LogP) is 2.30. The predicted molar refractivity (Wildman–Crippen MR) is 120 cm³/mol. The summed E-state index contributed by atoms with van der Waals surface area (Å²) in [6.45, 7) is -0.705. The monoisotopic (exact) mass is 555 g/mol. The molecule has 0 aromatic heterocycles. The number of halogens is 6. The summed E-state index contributed by atoms with van der Waals surface area (Å²) in [5.41, 5.74) is -1.39. The van der Waals surface area contributed by atoms with Gasteiger partial charge in [0, 0.05) is 23.7 Å². The lowest BCUT2D eigenvalue weighted by atomic mass is 9.96. The number of hydrogen-bond acceptors (Lipinski definition) is 9. The van der Waals surface area contributed by atoms with E-state index in [1.807, 2.05) is 0 Å². The molecule has 1 heterocycles. The van der Waals surface area contributed by atoms with Crippen molar-refractivity contribution in [2.45, 2.75) is 41.0 Å². The quantitative estimate of drug-likeness (QED) is 0.145. The zero-order valence-electron chi connectivity index (χ0n) is 19.0. The van der Waals surface area contributed by atoms with Crippen molar-refractivity contribution in [3.8, 4) is 5.75 Å². The molecule has 15 heteroatoms. The van der Waals surface area contributed by atoms with Gasteiger partial charge in [0.25, 0.3) is 0 Å². The highest BCUT2D eigenvalue weighted by molar-refractivity contribution is 7.99. The van der Waals surface area contributed by atoms with Crippen LogP contribution in [0.5, 0.6) is 5.75 Å². The summed E-state index contributed by atoms with van der Waals surface area (Å²) in [6.07, 6.45) is -8.26. The smallest absolute Gasteiger partial charge is 0.406 e. The first-order valence-corrected chi connectivity index (χ1v) is 11.4. The first-order chi connectivity index (χ1) is 17.3. The van der Waals surface area contributed by atoms with Crippen molar-refractivity contribution in [1.82, 2.24) is 10.3 Å². The van der Waals surface area contributed by atoms with E-state index in [-0.39, 0.29) is 16.2 Å². The zero-order valence-corrected chi connectivity index (χ0v) is 19.8. The van der Waals surface area contributed by atoms with Crippen molar-refractivity contribution in [3.63, 3.8) is 0 Å². The van der Waals surface area contributed by atoms with Gasteiger partial charge < -0.3 is 35.1 Å². The molecule has 0 spiro atoms. The van der Waals surface area contributed by atoms with Crippen LogP contribution in [0.25, 0.3) is 5.70 Å². The van der Waals surface area contributed by atoms with E-state index in [0.29, 0.717) is 12.1 Å². The molecule has 3 unspecified atom stereocenters. The number of benzene rings is 2. The summed E-state index contributed by atoms with van der Waals surface area (Å²) < 4.78 is 87.9. The van der Waals surface area contributed by atoms with Crippen molar-refractivity contribution in [2.75, 3.05) is 13.7 Å². The number of alkyl halides is 3. The number of rotatable bonds is 8. The Morgan fingerprint density at radius 2 is 1.81 bits per heavy atom. The number of nitrogens with one attached hydrogen (secondary N) is 1. The van der Waals surface area contributed by atoms with Gasteiger partial charge in [0.05, 0.1) is 12.3 Å². The maximum atomic E-state index is 13.7. The average Bonchev–Trinajstić information content (AvgIpc) is 2.81. The van der Waals surface area contributed by atoms with E-state index in [1.54, 1.807) is 0 Å². The fraction of sp³-hybridized carbons (Fsp3) is 0.364. The molecular formula is C22H23F6N3O5S. The van der Waals surface area contributed by atoms with Crippen LogP contribution in [-0.4, -0.2) is 70.1 Å². The fourth-order valence-corrected chi connectivity index (χ4v) is 4.73. The molecule has 0 bridgehead atoms. The average molecular weight is 555 g/mol. The van der Waals surface area contributed by atoms with Gasteiger partial charge in [-0.15, -0.1) is 13.2 Å². The van der Waals surface area contributed by atoms with Crippen LogP contribution in [0, 0.1) is 17.5 Å². The first-order valence-electron chi connectivity index (χ1n) is 10.6. The van der Waals surface area contributed by atoms with Crippen molar-refractivity contribution in [2.24, 2.45) is 5.84 Å². The van der Waals surface area contributed by atoms with Crippen LogP contribution in [0.4, 0.5) is 26.3 Å². The Hall–Kier alpha value is -2.69. The molecule has 8 nitrogen and oxygen atoms in total. The molecule has 0 aliphatic carbocycles. The maximum Gasteiger partial charge on any atom is 0.573 e. The molecule has 3 rings (SSSR count). The van der Waals surface area contributed by atoms with E-state index in [1.165, 1.54) is 19.2 Å². The second kappa shape index (κ2) is 11.8. The Kier molecular flexibility index (Phi) is 9.20. The molecule has 0 radical (unpaired) electrons. The normalized spacial score (nSPS) is 24.6. The highest BCUT2D eigenvalue weighted by atomic mass is 32.2. The van der Waals surface area contributed by atoms with Crippen molar-refractivity contribution in [3.05, 3.63) is 65.6 Å². The molecule has 1 saturated heterocycles. The van der Waals surface area contributed by atoms with Crippen LogP contribution >= 0.6 is 11.8 Å². The summed E-state index contributed by atoms with van der Waals surface area (Å²) in [5, 5.41) is 34.7. The molecule has 6 N–H and O–H groups in total. The van der Waals surface area contributed by atoms with E-state index in [4.69, 9.17) is 10.6 Å². The van der Waals surface area contributed by atoms with Gasteiger partial charge in [-0.25, -0.2) is 19.0 Å². The van der Waals surface area contributed by atoms with Gasteiger partial charge in [-0.3, -0.25) is 0 Å². The summed E-state index contributed by atoms with van der Waals surface area (Å²) in [6, 6.07) is 4.88. The van der Waals surface area contributed by atoms with Crippen LogP contribution in [0.15, 0.2) is 47.5 Å². The summed E-state index contributed by atoms with van der Waals surface area (Å²) in [5.74, 6) is 0.955. The van der Waals surface area contributed by atoms with Crippen molar-refractivity contribution in [1.29, 1.82) is 0 Å². The van der Waals surface area contributed by atoms with Crippen LogP contribution in [-0.2, 0) is 4.74 Å². The van der Waals surface area contributed by atoms with E-state index >= 15 is 0 Å². The number of hydrazine groups is 1. The molecule has 0 saturated carbocycles. The molecule has 1 aliphatic rings. The topological polar surface area (TPSA) is 120 Å². The molecule has 0 amide bonds. The number of hydrogen-bond donors (Lipinski definition) is 5. The molecule has 2 aromatic rings. The van der Waals surface area contributed by atoms with E-state index in [2.05, 4.69) is 10.1 Å². The Balaban J connectivity index is 1.88. The van der Waals surface area contributed by atoms with Crippen molar-refractivity contribution >= 4 is 17.5 Å². The number of nitrogens with two attached hydrogens (primary N) is 1. The van der Waals surface area contributed by atoms with Gasteiger partial charge >= 0.3 is 6.36 Å². The van der Waals surface area contributed by atoms with E-state index in [9.17, 15) is 41.7 Å². The fourth-order valence-electron chi connectivity index (χ4n) is 3.63. The van der Waals surface area contributed by atoms with E-state index < -0.39 is 66.0 Å². The minimum Gasteiger partial charge on any atom is -0.406 e. The third kappa shape index (κ3) is 7.00. The molecule has 204 valence electrons. The number of aliphatic hydroxyl groups is 3. The van der Waals surface area contributed by atoms with E-state index in [0.717, 1.165) is 35.1 Å². The third-order valence-electron chi connectivity index (χ3n) is 5.33. The Morgan fingerprint density at radius 1 is 1.16 bits per heavy atom. The number of aliphatic hydroxyl groups excluding tert-OH is 3. The van der Waals surface area contributed by atoms with Crippen LogP contribution in [0.1, 0.15) is 5.56 Å². The lowest BCUT2D eigenvalue weighted by Gasteiger charge is -2.45. The minimum absolute atomic E-state index is 0.0204. The second-order valence-electron chi connectivity index (χ2n) is 7.83. The lowest BCUT2D eigenvalue weighted by molar-refractivity contribution is -0.274. The highest BCUT2D eigenvalue weighted by Gasteiger charge is 2.46. The molecule has 1 aliphatic heterocycles. The minimum atomic E-state index is -4.92. The summed E-state index contributed by atoms with van der Waals surface area (Å²) in [7, 11) is 1.38.